The Hall–Kier alpha value is -3.26. The average Bonchev–Trinajstić information content (AvgIpc) is 3.17. The number of benzene rings is 1. The Morgan fingerprint density at radius 2 is 1.85 bits per heavy atom. The monoisotopic (exact) mass is 449 g/mol. The molecule has 1 fully saturated rings. The number of likely N-dealkylation sites (tertiary alicyclic amines) is 1. The summed E-state index contributed by atoms with van der Waals surface area (Å²) in [5.74, 6) is -1.00. The van der Waals surface area contributed by atoms with Crippen molar-refractivity contribution >= 4 is 23.4 Å². The minimum absolute atomic E-state index is 0.0675. The largest absolute Gasteiger partial charge is 0.344 e. The fourth-order valence-electron chi connectivity index (χ4n) is 4.85. The second-order valence-electron chi connectivity index (χ2n) is 8.88. The molecule has 2 atom stereocenters. The van der Waals surface area contributed by atoms with E-state index < -0.39 is 11.5 Å². The van der Waals surface area contributed by atoms with Crippen LogP contribution in [-0.2, 0) is 4.79 Å². The number of fused-ring (bicyclic) bond motifs is 2. The summed E-state index contributed by atoms with van der Waals surface area (Å²) in [4.78, 5) is 50.0. The lowest BCUT2D eigenvalue weighted by atomic mass is 9.86. The van der Waals surface area contributed by atoms with Gasteiger partial charge in [0, 0.05) is 44.1 Å². The summed E-state index contributed by atoms with van der Waals surface area (Å²) < 4.78 is 0. The van der Waals surface area contributed by atoms with Crippen LogP contribution in [0.1, 0.15) is 41.5 Å². The van der Waals surface area contributed by atoms with Crippen LogP contribution < -0.4 is 10.2 Å². The maximum atomic E-state index is 14.0. The number of para-hydroxylation sites is 1. The smallest absolute Gasteiger partial charge is 0.254 e. The zero-order chi connectivity index (χ0) is 23.6. The Bertz CT molecular complexity index is 1040. The molecule has 0 radical (unpaired) electrons. The number of pyridine rings is 1. The number of carbonyl (C=O) groups is 3. The van der Waals surface area contributed by atoms with Gasteiger partial charge >= 0.3 is 0 Å². The van der Waals surface area contributed by atoms with Crippen molar-refractivity contribution in [3.8, 4) is 0 Å². The number of nitrogens with one attached hydrogen (secondary N) is 1. The number of likely N-dealkylation sites (N-methyl/N-ethyl adjacent to an activating group) is 1. The SMILES string of the molecule is CCN(CC)CCN1C(=O)[C@@H]2CN(C(=O)c3ccncc3)C[C@]2(C)NC(=O)c2ccccc21. The molecule has 4 rings (SSSR count). The third kappa shape index (κ3) is 4.35. The Morgan fingerprint density at radius 3 is 2.55 bits per heavy atom. The molecule has 1 aromatic heterocycles. The van der Waals surface area contributed by atoms with Crippen molar-refractivity contribution in [3.05, 3.63) is 59.9 Å². The Kier molecular flexibility index (Phi) is 6.47. The fourth-order valence-corrected chi connectivity index (χ4v) is 4.85. The highest BCUT2D eigenvalue weighted by molar-refractivity contribution is 6.08. The summed E-state index contributed by atoms with van der Waals surface area (Å²) in [6.45, 7) is 9.53. The number of anilines is 1. The van der Waals surface area contributed by atoms with E-state index in [9.17, 15) is 14.4 Å². The van der Waals surface area contributed by atoms with E-state index in [1.165, 1.54) is 0 Å². The van der Waals surface area contributed by atoms with Gasteiger partial charge in [-0.05, 0) is 44.3 Å². The van der Waals surface area contributed by atoms with E-state index in [1.54, 1.807) is 46.5 Å². The van der Waals surface area contributed by atoms with E-state index in [1.807, 2.05) is 19.1 Å². The van der Waals surface area contributed by atoms with Gasteiger partial charge in [-0.15, -0.1) is 0 Å². The zero-order valence-corrected chi connectivity index (χ0v) is 19.5. The molecule has 174 valence electrons. The first-order valence-corrected chi connectivity index (χ1v) is 11.5. The number of hydrogen-bond donors (Lipinski definition) is 1. The van der Waals surface area contributed by atoms with Gasteiger partial charge in [-0.25, -0.2) is 0 Å². The molecule has 3 amide bonds. The van der Waals surface area contributed by atoms with Crippen LogP contribution in [0.25, 0.3) is 0 Å². The minimum Gasteiger partial charge on any atom is -0.344 e. The van der Waals surface area contributed by atoms with Crippen LogP contribution >= 0.6 is 0 Å². The van der Waals surface area contributed by atoms with Crippen LogP contribution in [0.3, 0.4) is 0 Å². The summed E-state index contributed by atoms with van der Waals surface area (Å²) in [5.41, 5.74) is 0.748. The van der Waals surface area contributed by atoms with Crippen LogP contribution in [0.4, 0.5) is 5.69 Å². The van der Waals surface area contributed by atoms with Crippen molar-refractivity contribution < 1.29 is 14.4 Å². The lowest BCUT2D eigenvalue weighted by Crippen LogP contribution is -2.59. The van der Waals surface area contributed by atoms with Gasteiger partial charge in [0.25, 0.3) is 11.8 Å². The zero-order valence-electron chi connectivity index (χ0n) is 19.5. The highest BCUT2D eigenvalue weighted by Crippen LogP contribution is 2.35. The molecule has 2 aliphatic heterocycles. The fraction of sp³-hybridized carbons (Fsp3) is 0.440. The first-order valence-electron chi connectivity index (χ1n) is 11.5. The van der Waals surface area contributed by atoms with Crippen molar-refractivity contribution in [2.45, 2.75) is 26.3 Å². The summed E-state index contributed by atoms with van der Waals surface area (Å²) in [7, 11) is 0. The van der Waals surface area contributed by atoms with Crippen LogP contribution in [0.2, 0.25) is 0 Å². The third-order valence-electron chi connectivity index (χ3n) is 6.84. The van der Waals surface area contributed by atoms with E-state index in [2.05, 4.69) is 29.0 Å². The van der Waals surface area contributed by atoms with Crippen molar-refractivity contribution in [2.75, 3.05) is 44.2 Å². The quantitative estimate of drug-likeness (QED) is 0.729. The van der Waals surface area contributed by atoms with Crippen LogP contribution in [0, 0.1) is 5.92 Å². The number of nitrogens with zero attached hydrogens (tertiary/aromatic N) is 4. The number of aromatic nitrogens is 1. The standard InChI is InChI=1S/C25H31N5O3/c1-4-28(5-2)14-15-30-21-9-7-6-8-19(21)22(31)27-25(3)17-29(16-20(25)24(30)33)23(32)18-10-12-26-13-11-18/h6-13,20H,4-5,14-17H2,1-3H3,(H,27,31)/t20-,25-/m0/s1. The molecule has 8 nitrogen and oxygen atoms in total. The van der Waals surface area contributed by atoms with Crippen molar-refractivity contribution in [2.24, 2.45) is 5.92 Å². The molecule has 3 heterocycles. The Labute approximate surface area is 194 Å². The molecule has 8 heteroatoms. The van der Waals surface area contributed by atoms with Gasteiger partial charge in [-0.1, -0.05) is 26.0 Å². The first kappa shape index (κ1) is 22.9. The second kappa shape index (κ2) is 9.31. The predicted octanol–water partition coefficient (Wildman–Crippen LogP) is 2.03. The van der Waals surface area contributed by atoms with Gasteiger partial charge in [0.05, 0.1) is 22.7 Å². The van der Waals surface area contributed by atoms with E-state index in [0.29, 0.717) is 29.9 Å². The molecular formula is C25H31N5O3. The molecule has 0 saturated carbocycles. The molecule has 33 heavy (non-hydrogen) atoms. The van der Waals surface area contributed by atoms with Gasteiger partial charge in [-0.3, -0.25) is 19.4 Å². The number of rotatable bonds is 6. The Balaban J connectivity index is 1.69. The molecule has 0 spiro atoms. The second-order valence-corrected chi connectivity index (χ2v) is 8.88. The summed E-state index contributed by atoms with van der Waals surface area (Å²) in [6.07, 6.45) is 3.15. The normalized spacial score (nSPS) is 22.5. The van der Waals surface area contributed by atoms with Gasteiger partial charge in [0.1, 0.15) is 0 Å². The predicted molar refractivity (Wildman–Crippen MR) is 126 cm³/mol. The molecule has 2 aliphatic rings. The van der Waals surface area contributed by atoms with Crippen LogP contribution in [-0.4, -0.2) is 77.3 Å². The molecule has 1 aromatic carbocycles. The number of carbonyl (C=O) groups excluding carboxylic acids is 3. The van der Waals surface area contributed by atoms with Crippen molar-refractivity contribution in [1.29, 1.82) is 0 Å². The molecule has 0 bridgehead atoms. The highest BCUT2D eigenvalue weighted by atomic mass is 16.2. The number of hydrogen-bond acceptors (Lipinski definition) is 5. The Morgan fingerprint density at radius 1 is 1.15 bits per heavy atom. The molecule has 2 aromatic rings. The van der Waals surface area contributed by atoms with Gasteiger partial charge in [0.2, 0.25) is 5.91 Å². The van der Waals surface area contributed by atoms with Gasteiger partial charge < -0.3 is 20.0 Å². The topological polar surface area (TPSA) is 85.8 Å². The molecule has 0 aliphatic carbocycles. The van der Waals surface area contributed by atoms with Crippen molar-refractivity contribution in [3.63, 3.8) is 0 Å². The van der Waals surface area contributed by atoms with Crippen LogP contribution in [0.15, 0.2) is 48.8 Å². The van der Waals surface area contributed by atoms with E-state index >= 15 is 0 Å². The van der Waals surface area contributed by atoms with E-state index in [-0.39, 0.29) is 30.8 Å². The first-order chi connectivity index (χ1) is 15.9. The molecular weight excluding hydrogens is 418 g/mol. The summed E-state index contributed by atoms with van der Waals surface area (Å²) >= 11 is 0. The summed E-state index contributed by atoms with van der Waals surface area (Å²) in [6, 6.07) is 10.6. The number of amides is 3. The lowest BCUT2D eigenvalue weighted by Gasteiger charge is -2.38. The van der Waals surface area contributed by atoms with Crippen LogP contribution in [0.5, 0.6) is 0 Å². The van der Waals surface area contributed by atoms with Crippen molar-refractivity contribution in [1.82, 2.24) is 20.1 Å². The van der Waals surface area contributed by atoms with Gasteiger partial charge in [-0.2, -0.15) is 0 Å². The average molecular weight is 450 g/mol. The molecule has 1 saturated heterocycles. The third-order valence-corrected chi connectivity index (χ3v) is 6.84. The maximum Gasteiger partial charge on any atom is 0.254 e. The maximum absolute atomic E-state index is 14.0. The molecule has 0 unspecified atom stereocenters. The molecule has 1 N–H and O–H groups in total. The summed E-state index contributed by atoms with van der Waals surface area (Å²) in [5, 5.41) is 3.08. The van der Waals surface area contributed by atoms with Gasteiger partial charge in [0.15, 0.2) is 0 Å². The lowest BCUT2D eigenvalue weighted by molar-refractivity contribution is -0.123. The minimum atomic E-state index is -0.863. The highest BCUT2D eigenvalue weighted by Gasteiger charge is 2.52. The van der Waals surface area contributed by atoms with E-state index in [0.717, 1.165) is 13.1 Å². The van der Waals surface area contributed by atoms with E-state index in [4.69, 9.17) is 0 Å².